The van der Waals surface area contributed by atoms with Crippen LogP contribution in [0.4, 0.5) is 0 Å². The lowest BCUT2D eigenvalue weighted by Crippen LogP contribution is -2.23. The summed E-state index contributed by atoms with van der Waals surface area (Å²) in [4.78, 5) is 6.76. The summed E-state index contributed by atoms with van der Waals surface area (Å²) in [5.41, 5.74) is 1.79. The van der Waals surface area contributed by atoms with E-state index in [2.05, 4.69) is 9.88 Å². The molecule has 1 aliphatic rings. The highest BCUT2D eigenvalue weighted by Gasteiger charge is 2.16. The van der Waals surface area contributed by atoms with E-state index in [9.17, 15) is 0 Å². The smallest absolute Gasteiger partial charge is 0.226 e. The van der Waals surface area contributed by atoms with E-state index in [1.54, 1.807) is 18.0 Å². The van der Waals surface area contributed by atoms with E-state index in [4.69, 9.17) is 28.2 Å². The van der Waals surface area contributed by atoms with Gasteiger partial charge in [0.25, 0.3) is 0 Å². The first-order valence-corrected chi connectivity index (χ1v) is 8.61. The van der Waals surface area contributed by atoms with Crippen LogP contribution in [0, 0.1) is 0 Å². The molecule has 21 heavy (non-hydrogen) atoms. The van der Waals surface area contributed by atoms with E-state index in [0.717, 1.165) is 34.4 Å². The second-order valence-electron chi connectivity index (χ2n) is 4.90. The molecule has 0 aliphatic carbocycles. The van der Waals surface area contributed by atoms with Gasteiger partial charge < -0.3 is 9.32 Å². The molecule has 0 spiro atoms. The molecule has 1 saturated heterocycles. The van der Waals surface area contributed by atoms with Gasteiger partial charge in [0, 0.05) is 29.4 Å². The van der Waals surface area contributed by atoms with Gasteiger partial charge in [0.1, 0.15) is 10.6 Å². The van der Waals surface area contributed by atoms with Crippen LogP contribution in [0.3, 0.4) is 0 Å². The Morgan fingerprint density at radius 1 is 1.38 bits per heavy atom. The largest absolute Gasteiger partial charge is 0.444 e. The summed E-state index contributed by atoms with van der Waals surface area (Å²) in [6.07, 6.45) is 4.17. The molecule has 1 fully saturated rings. The molecule has 0 saturated carbocycles. The SMILES string of the molecule is S=C(SCc1coc(-c2cccc(Cl)c2)n1)N1CCCC1. The van der Waals surface area contributed by atoms with Gasteiger partial charge in [0.05, 0.1) is 5.69 Å². The van der Waals surface area contributed by atoms with E-state index in [0.29, 0.717) is 10.9 Å². The average Bonchev–Trinajstić information content (AvgIpc) is 3.16. The van der Waals surface area contributed by atoms with Crippen molar-refractivity contribution >= 4 is 39.9 Å². The van der Waals surface area contributed by atoms with Crippen molar-refractivity contribution in [1.82, 2.24) is 9.88 Å². The minimum Gasteiger partial charge on any atom is -0.444 e. The zero-order valence-electron chi connectivity index (χ0n) is 11.4. The van der Waals surface area contributed by atoms with Crippen LogP contribution >= 0.6 is 35.6 Å². The number of likely N-dealkylation sites (tertiary alicyclic amines) is 1. The Balaban J connectivity index is 1.61. The van der Waals surface area contributed by atoms with Gasteiger partial charge in [-0.2, -0.15) is 0 Å². The number of thioether (sulfide) groups is 1. The van der Waals surface area contributed by atoms with Gasteiger partial charge in [-0.3, -0.25) is 0 Å². The molecule has 0 amide bonds. The highest BCUT2D eigenvalue weighted by molar-refractivity contribution is 8.22. The molecule has 110 valence electrons. The summed E-state index contributed by atoms with van der Waals surface area (Å²) in [5.74, 6) is 1.33. The highest BCUT2D eigenvalue weighted by Crippen LogP contribution is 2.24. The fraction of sp³-hybridized carbons (Fsp3) is 0.333. The van der Waals surface area contributed by atoms with Crippen LogP contribution in [-0.2, 0) is 5.75 Å². The highest BCUT2D eigenvalue weighted by atomic mass is 35.5. The minimum atomic E-state index is 0.597. The van der Waals surface area contributed by atoms with E-state index in [1.807, 2.05) is 24.3 Å². The van der Waals surface area contributed by atoms with Gasteiger partial charge >= 0.3 is 0 Å². The monoisotopic (exact) mass is 338 g/mol. The molecule has 2 heterocycles. The van der Waals surface area contributed by atoms with Crippen molar-refractivity contribution in [1.29, 1.82) is 0 Å². The Kier molecular flexibility index (Phi) is 4.83. The van der Waals surface area contributed by atoms with Crippen LogP contribution in [0.2, 0.25) is 5.02 Å². The van der Waals surface area contributed by atoms with Gasteiger partial charge in [0.2, 0.25) is 5.89 Å². The third kappa shape index (κ3) is 3.78. The van der Waals surface area contributed by atoms with Crippen molar-refractivity contribution in [3.63, 3.8) is 0 Å². The number of aromatic nitrogens is 1. The Morgan fingerprint density at radius 2 is 2.19 bits per heavy atom. The number of oxazole rings is 1. The second-order valence-corrected chi connectivity index (χ2v) is 6.95. The summed E-state index contributed by atoms with van der Waals surface area (Å²) < 4.78 is 6.48. The summed E-state index contributed by atoms with van der Waals surface area (Å²) in [5, 5.41) is 0.678. The normalized spacial score (nSPS) is 14.6. The molecule has 1 aromatic carbocycles. The van der Waals surface area contributed by atoms with Gasteiger partial charge in [-0.15, -0.1) is 0 Å². The Morgan fingerprint density at radius 3 is 2.95 bits per heavy atom. The summed E-state index contributed by atoms with van der Waals surface area (Å²) in [7, 11) is 0. The molecule has 3 rings (SSSR count). The predicted molar refractivity (Wildman–Crippen MR) is 91.6 cm³/mol. The maximum absolute atomic E-state index is 5.98. The number of nitrogens with zero attached hydrogens (tertiary/aromatic N) is 2. The van der Waals surface area contributed by atoms with Crippen molar-refractivity contribution in [2.24, 2.45) is 0 Å². The Labute approximate surface area is 138 Å². The number of hydrogen-bond acceptors (Lipinski definition) is 4. The van der Waals surface area contributed by atoms with Gasteiger partial charge in [-0.25, -0.2) is 4.98 Å². The van der Waals surface area contributed by atoms with Crippen LogP contribution in [-0.4, -0.2) is 27.3 Å². The summed E-state index contributed by atoms with van der Waals surface area (Å²) in [6.45, 7) is 2.16. The lowest BCUT2D eigenvalue weighted by atomic mass is 10.2. The molecule has 0 unspecified atom stereocenters. The van der Waals surface area contributed by atoms with Gasteiger partial charge in [0.15, 0.2) is 0 Å². The molecule has 6 heteroatoms. The molecule has 0 atom stereocenters. The second kappa shape index (κ2) is 6.81. The van der Waals surface area contributed by atoms with Crippen molar-refractivity contribution < 1.29 is 4.42 Å². The number of hydrogen-bond donors (Lipinski definition) is 0. The maximum atomic E-state index is 5.98. The molecule has 2 aromatic rings. The summed E-state index contributed by atoms with van der Waals surface area (Å²) in [6, 6.07) is 7.50. The number of rotatable bonds is 3. The van der Waals surface area contributed by atoms with Crippen LogP contribution < -0.4 is 0 Å². The zero-order chi connectivity index (χ0) is 14.7. The van der Waals surface area contributed by atoms with Crippen molar-refractivity contribution in [2.45, 2.75) is 18.6 Å². The number of halogens is 1. The lowest BCUT2D eigenvalue weighted by Gasteiger charge is -2.16. The van der Waals surface area contributed by atoms with E-state index < -0.39 is 0 Å². The van der Waals surface area contributed by atoms with Crippen molar-refractivity contribution in [3.8, 4) is 11.5 Å². The average molecular weight is 339 g/mol. The van der Waals surface area contributed by atoms with Crippen LogP contribution in [0.1, 0.15) is 18.5 Å². The molecule has 0 bridgehead atoms. The minimum absolute atomic E-state index is 0.597. The standard InChI is InChI=1S/C15H15ClN2OS2/c16-12-5-3-4-11(8-12)14-17-13(9-19-14)10-21-15(20)18-6-1-2-7-18/h3-5,8-9H,1-2,6-7,10H2. The Bertz CT molecular complexity index is 638. The molecule has 1 aromatic heterocycles. The van der Waals surface area contributed by atoms with Crippen LogP contribution in [0.25, 0.3) is 11.5 Å². The Hall–Kier alpha value is -1.04. The molecular formula is C15H15ClN2OS2. The fourth-order valence-electron chi connectivity index (χ4n) is 2.25. The van der Waals surface area contributed by atoms with E-state index in [-0.39, 0.29) is 0 Å². The van der Waals surface area contributed by atoms with Crippen LogP contribution in [0.5, 0.6) is 0 Å². The molecule has 0 N–H and O–H groups in total. The molecule has 3 nitrogen and oxygen atoms in total. The third-order valence-corrected chi connectivity index (χ3v) is 5.12. The fourth-order valence-corrected chi connectivity index (χ4v) is 3.57. The van der Waals surface area contributed by atoms with E-state index in [1.165, 1.54) is 12.8 Å². The predicted octanol–water partition coefficient (Wildman–Crippen LogP) is 4.61. The number of thiocarbonyl (C=S) groups is 1. The van der Waals surface area contributed by atoms with Crippen molar-refractivity contribution in [2.75, 3.05) is 13.1 Å². The first kappa shape index (κ1) is 14.9. The van der Waals surface area contributed by atoms with Crippen molar-refractivity contribution in [3.05, 3.63) is 41.2 Å². The summed E-state index contributed by atoms with van der Waals surface area (Å²) >= 11 is 13.1. The lowest BCUT2D eigenvalue weighted by molar-refractivity contribution is 0.539. The molecular weight excluding hydrogens is 324 g/mol. The molecule has 1 aliphatic heterocycles. The van der Waals surface area contributed by atoms with Gasteiger partial charge in [-0.1, -0.05) is 41.6 Å². The number of benzene rings is 1. The topological polar surface area (TPSA) is 29.3 Å². The zero-order valence-corrected chi connectivity index (χ0v) is 13.8. The maximum Gasteiger partial charge on any atom is 0.226 e. The van der Waals surface area contributed by atoms with E-state index >= 15 is 0 Å². The first-order valence-electron chi connectivity index (χ1n) is 6.84. The molecule has 0 radical (unpaired) electrons. The third-order valence-electron chi connectivity index (χ3n) is 3.33. The van der Waals surface area contributed by atoms with Crippen LogP contribution in [0.15, 0.2) is 34.9 Å². The van der Waals surface area contributed by atoms with Gasteiger partial charge in [-0.05, 0) is 31.0 Å². The quantitative estimate of drug-likeness (QED) is 0.762. The first-order chi connectivity index (χ1) is 10.2.